The zero-order valence-corrected chi connectivity index (χ0v) is 11.9. The molecule has 0 bridgehead atoms. The molecule has 0 radical (unpaired) electrons. The van der Waals surface area contributed by atoms with Crippen molar-refractivity contribution >= 4 is 34.9 Å². The number of rotatable bonds is 4. The van der Waals surface area contributed by atoms with Gasteiger partial charge in [0, 0.05) is 36.8 Å². The lowest BCUT2D eigenvalue weighted by Gasteiger charge is -2.10. The van der Waals surface area contributed by atoms with Gasteiger partial charge in [0.15, 0.2) is 0 Å². The minimum Gasteiger partial charge on any atom is -0.383 e. The van der Waals surface area contributed by atoms with Crippen LogP contribution in [0.4, 0.5) is 5.69 Å². The highest BCUT2D eigenvalue weighted by Gasteiger charge is 2.02. The summed E-state index contributed by atoms with van der Waals surface area (Å²) in [5, 5.41) is 7.19. The van der Waals surface area contributed by atoms with Gasteiger partial charge in [-0.2, -0.15) is 0 Å². The predicted octanol–water partition coefficient (Wildman–Crippen LogP) is 2.51. The summed E-state index contributed by atoms with van der Waals surface area (Å²) in [5.41, 5.74) is 3.03. The summed E-state index contributed by atoms with van der Waals surface area (Å²) in [4.78, 5) is 15.3. The fourth-order valence-corrected chi connectivity index (χ4v) is 1.89. The molecule has 4 nitrogen and oxygen atoms in total. The molecule has 0 saturated carbocycles. The van der Waals surface area contributed by atoms with Crippen molar-refractivity contribution in [2.75, 3.05) is 18.4 Å². The van der Waals surface area contributed by atoms with E-state index in [-0.39, 0.29) is 18.3 Å². The zero-order valence-electron chi connectivity index (χ0n) is 11.1. The Labute approximate surface area is 119 Å². The number of amides is 1. The number of pyridine rings is 1. The molecule has 102 valence electrons. The second-order valence-corrected chi connectivity index (χ2v) is 4.24. The van der Waals surface area contributed by atoms with Gasteiger partial charge in [-0.05, 0) is 19.1 Å². The molecule has 0 aliphatic rings. The first-order chi connectivity index (χ1) is 8.66. The van der Waals surface area contributed by atoms with E-state index >= 15 is 0 Å². The van der Waals surface area contributed by atoms with Crippen LogP contribution in [0.15, 0.2) is 30.3 Å². The van der Waals surface area contributed by atoms with E-state index in [0.29, 0.717) is 13.1 Å². The molecule has 5 heteroatoms. The van der Waals surface area contributed by atoms with Crippen molar-refractivity contribution in [1.29, 1.82) is 0 Å². The molecule has 2 N–H and O–H groups in total. The smallest absolute Gasteiger partial charge is 0.216 e. The van der Waals surface area contributed by atoms with Crippen LogP contribution in [-0.4, -0.2) is 24.0 Å². The molecule has 2 aromatic rings. The first kappa shape index (κ1) is 15.2. The average Bonchev–Trinajstić information content (AvgIpc) is 2.34. The van der Waals surface area contributed by atoms with Gasteiger partial charge in [0.25, 0.3) is 0 Å². The Balaban J connectivity index is 0.00000180. The number of para-hydroxylation sites is 1. The van der Waals surface area contributed by atoms with Crippen LogP contribution in [0, 0.1) is 6.92 Å². The molecular weight excluding hydrogens is 262 g/mol. The summed E-state index contributed by atoms with van der Waals surface area (Å²) in [6.07, 6.45) is 0. The van der Waals surface area contributed by atoms with Crippen LogP contribution in [0.2, 0.25) is 0 Å². The summed E-state index contributed by atoms with van der Waals surface area (Å²) in [5.74, 6) is -0.00688. The number of fused-ring (bicyclic) bond motifs is 1. The van der Waals surface area contributed by atoms with E-state index in [1.807, 2.05) is 37.3 Å². The van der Waals surface area contributed by atoms with Crippen LogP contribution < -0.4 is 10.6 Å². The molecule has 0 spiro atoms. The van der Waals surface area contributed by atoms with Crippen molar-refractivity contribution in [3.63, 3.8) is 0 Å². The SMILES string of the molecule is CC(=O)NCCNc1cc(C)nc2ccccc12.Cl. The van der Waals surface area contributed by atoms with E-state index in [2.05, 4.69) is 15.6 Å². The molecule has 0 aliphatic carbocycles. The Bertz CT molecular complexity index is 572. The lowest BCUT2D eigenvalue weighted by molar-refractivity contribution is -0.118. The van der Waals surface area contributed by atoms with Crippen LogP contribution >= 0.6 is 12.4 Å². The molecule has 1 heterocycles. The molecule has 1 amide bonds. The molecule has 2 rings (SSSR count). The summed E-state index contributed by atoms with van der Waals surface area (Å²) in [6, 6.07) is 10.0. The summed E-state index contributed by atoms with van der Waals surface area (Å²) >= 11 is 0. The van der Waals surface area contributed by atoms with Crippen LogP contribution in [0.1, 0.15) is 12.6 Å². The fourth-order valence-electron chi connectivity index (χ4n) is 1.89. The Morgan fingerprint density at radius 2 is 2.00 bits per heavy atom. The molecule has 1 aromatic carbocycles. The van der Waals surface area contributed by atoms with Gasteiger partial charge in [-0.1, -0.05) is 18.2 Å². The van der Waals surface area contributed by atoms with Crippen molar-refractivity contribution < 1.29 is 4.79 Å². The van der Waals surface area contributed by atoms with Crippen molar-refractivity contribution in [2.24, 2.45) is 0 Å². The summed E-state index contributed by atoms with van der Waals surface area (Å²) < 4.78 is 0. The van der Waals surface area contributed by atoms with Gasteiger partial charge in [0.2, 0.25) is 5.91 Å². The Morgan fingerprint density at radius 3 is 2.74 bits per heavy atom. The molecule has 19 heavy (non-hydrogen) atoms. The topological polar surface area (TPSA) is 54.0 Å². The molecule has 0 unspecified atom stereocenters. The van der Waals surface area contributed by atoms with Gasteiger partial charge in [0.05, 0.1) is 5.52 Å². The molecule has 0 aliphatic heterocycles. The van der Waals surface area contributed by atoms with Crippen LogP contribution in [0.25, 0.3) is 10.9 Å². The van der Waals surface area contributed by atoms with E-state index in [9.17, 15) is 4.79 Å². The maximum Gasteiger partial charge on any atom is 0.216 e. The number of halogens is 1. The highest BCUT2D eigenvalue weighted by Crippen LogP contribution is 2.22. The molecule has 0 fully saturated rings. The Morgan fingerprint density at radius 1 is 1.26 bits per heavy atom. The monoisotopic (exact) mass is 279 g/mol. The molecular formula is C14H18ClN3O. The standard InChI is InChI=1S/C14H17N3O.ClH/c1-10-9-14(16-8-7-15-11(2)18)12-5-3-4-6-13(12)17-10;/h3-6,9H,7-8H2,1-2H3,(H,15,18)(H,16,17);1H. The van der Waals surface area contributed by atoms with Gasteiger partial charge < -0.3 is 10.6 Å². The number of benzene rings is 1. The van der Waals surface area contributed by atoms with Gasteiger partial charge in [0.1, 0.15) is 0 Å². The number of carbonyl (C=O) groups excluding carboxylic acids is 1. The fraction of sp³-hybridized carbons (Fsp3) is 0.286. The lowest BCUT2D eigenvalue weighted by atomic mass is 10.1. The van der Waals surface area contributed by atoms with E-state index in [0.717, 1.165) is 22.3 Å². The number of aromatic nitrogens is 1. The number of anilines is 1. The van der Waals surface area contributed by atoms with Crippen molar-refractivity contribution in [3.8, 4) is 0 Å². The Kier molecular flexibility index (Phi) is 5.57. The van der Waals surface area contributed by atoms with Gasteiger partial charge in [-0.15, -0.1) is 12.4 Å². The van der Waals surface area contributed by atoms with Crippen molar-refractivity contribution in [3.05, 3.63) is 36.0 Å². The normalized spacial score (nSPS) is 9.79. The molecule has 1 aromatic heterocycles. The third kappa shape index (κ3) is 4.10. The second-order valence-electron chi connectivity index (χ2n) is 4.24. The average molecular weight is 280 g/mol. The van der Waals surface area contributed by atoms with Crippen LogP contribution in [0.3, 0.4) is 0 Å². The van der Waals surface area contributed by atoms with Crippen LogP contribution in [-0.2, 0) is 4.79 Å². The van der Waals surface area contributed by atoms with E-state index < -0.39 is 0 Å². The highest BCUT2D eigenvalue weighted by molar-refractivity contribution is 5.91. The molecule has 0 saturated heterocycles. The number of aryl methyl sites for hydroxylation is 1. The second kappa shape index (κ2) is 6.95. The van der Waals surface area contributed by atoms with Crippen molar-refractivity contribution in [1.82, 2.24) is 10.3 Å². The maximum atomic E-state index is 10.8. The summed E-state index contributed by atoms with van der Waals surface area (Å²) in [7, 11) is 0. The first-order valence-electron chi connectivity index (χ1n) is 6.01. The van der Waals surface area contributed by atoms with Gasteiger partial charge in [-0.3, -0.25) is 9.78 Å². The molecule has 0 atom stereocenters. The largest absolute Gasteiger partial charge is 0.383 e. The Hall–Kier alpha value is -1.81. The van der Waals surface area contributed by atoms with E-state index in [4.69, 9.17) is 0 Å². The summed E-state index contributed by atoms with van der Waals surface area (Å²) in [6.45, 7) is 4.81. The number of nitrogens with one attached hydrogen (secondary N) is 2. The van der Waals surface area contributed by atoms with Crippen LogP contribution in [0.5, 0.6) is 0 Å². The van der Waals surface area contributed by atoms with E-state index in [1.54, 1.807) is 0 Å². The first-order valence-corrected chi connectivity index (χ1v) is 6.01. The number of nitrogens with zero attached hydrogens (tertiary/aromatic N) is 1. The third-order valence-electron chi connectivity index (χ3n) is 2.66. The maximum absolute atomic E-state index is 10.8. The third-order valence-corrected chi connectivity index (χ3v) is 2.66. The van der Waals surface area contributed by atoms with Gasteiger partial charge in [-0.25, -0.2) is 0 Å². The lowest BCUT2D eigenvalue weighted by Crippen LogP contribution is -2.26. The number of hydrogen-bond donors (Lipinski definition) is 2. The highest BCUT2D eigenvalue weighted by atomic mass is 35.5. The van der Waals surface area contributed by atoms with Crippen molar-refractivity contribution in [2.45, 2.75) is 13.8 Å². The zero-order chi connectivity index (χ0) is 13.0. The number of carbonyl (C=O) groups is 1. The quantitative estimate of drug-likeness (QED) is 0.846. The van der Waals surface area contributed by atoms with Gasteiger partial charge >= 0.3 is 0 Å². The predicted molar refractivity (Wildman–Crippen MR) is 80.9 cm³/mol. The number of hydrogen-bond acceptors (Lipinski definition) is 3. The minimum absolute atomic E-state index is 0. The minimum atomic E-state index is -0.00688. The van der Waals surface area contributed by atoms with E-state index in [1.165, 1.54) is 6.92 Å².